The molecule has 4 heteroatoms. The third-order valence-electron chi connectivity index (χ3n) is 3.22. The molecule has 1 heterocycles. The normalized spacial score (nSPS) is 24.6. The van der Waals surface area contributed by atoms with E-state index in [9.17, 15) is 5.11 Å². The van der Waals surface area contributed by atoms with Gasteiger partial charge in [0, 0.05) is 6.04 Å². The van der Waals surface area contributed by atoms with Gasteiger partial charge in [0.25, 0.3) is 0 Å². The molecule has 4 nitrogen and oxygen atoms in total. The van der Waals surface area contributed by atoms with Crippen molar-refractivity contribution in [1.82, 2.24) is 4.90 Å². The van der Waals surface area contributed by atoms with Crippen molar-refractivity contribution in [3.63, 3.8) is 0 Å². The summed E-state index contributed by atoms with van der Waals surface area (Å²) in [7, 11) is 0. The SMILES string of the molecule is NC1=NCC(c2cccc(O)c2)N1C1CC1. The third kappa shape index (κ3) is 1.50. The summed E-state index contributed by atoms with van der Waals surface area (Å²) in [6.07, 6.45) is 2.40. The second-order valence-corrected chi connectivity index (χ2v) is 4.45. The molecule has 3 rings (SSSR count). The van der Waals surface area contributed by atoms with Crippen LogP contribution in [0.25, 0.3) is 0 Å². The van der Waals surface area contributed by atoms with Crippen LogP contribution in [0.3, 0.4) is 0 Å². The molecular formula is C12H15N3O. The van der Waals surface area contributed by atoms with Crippen LogP contribution in [0.1, 0.15) is 24.4 Å². The smallest absolute Gasteiger partial charge is 0.192 e. The van der Waals surface area contributed by atoms with Gasteiger partial charge in [-0.05, 0) is 30.5 Å². The summed E-state index contributed by atoms with van der Waals surface area (Å²) >= 11 is 0. The highest BCUT2D eigenvalue weighted by Crippen LogP contribution is 2.37. The van der Waals surface area contributed by atoms with Gasteiger partial charge in [0.15, 0.2) is 5.96 Å². The summed E-state index contributed by atoms with van der Waals surface area (Å²) in [6.45, 7) is 0.700. The molecule has 2 aliphatic rings. The van der Waals surface area contributed by atoms with Crippen molar-refractivity contribution < 1.29 is 5.11 Å². The summed E-state index contributed by atoms with van der Waals surface area (Å²) in [5.41, 5.74) is 6.99. The average Bonchev–Trinajstić information content (AvgIpc) is 3.02. The zero-order valence-electron chi connectivity index (χ0n) is 9.00. The van der Waals surface area contributed by atoms with Crippen LogP contribution in [0.4, 0.5) is 0 Å². The molecule has 0 spiro atoms. The van der Waals surface area contributed by atoms with Crippen molar-refractivity contribution in [2.75, 3.05) is 6.54 Å². The Morgan fingerprint density at radius 2 is 2.19 bits per heavy atom. The number of nitrogens with two attached hydrogens (primary N) is 1. The minimum absolute atomic E-state index is 0.208. The lowest BCUT2D eigenvalue weighted by atomic mass is 10.1. The predicted molar refractivity (Wildman–Crippen MR) is 62.2 cm³/mol. The van der Waals surface area contributed by atoms with E-state index in [1.807, 2.05) is 12.1 Å². The highest BCUT2D eigenvalue weighted by molar-refractivity contribution is 5.81. The Kier molecular flexibility index (Phi) is 2.02. The fourth-order valence-electron chi connectivity index (χ4n) is 2.30. The van der Waals surface area contributed by atoms with E-state index in [0.29, 0.717) is 24.3 Å². The van der Waals surface area contributed by atoms with Gasteiger partial charge in [-0.15, -0.1) is 0 Å². The number of phenolic OH excluding ortho intramolecular Hbond substituents is 1. The second-order valence-electron chi connectivity index (χ2n) is 4.45. The first-order chi connectivity index (χ1) is 7.75. The summed E-state index contributed by atoms with van der Waals surface area (Å²) in [5, 5.41) is 9.49. The molecule has 1 aromatic rings. The number of benzene rings is 1. The topological polar surface area (TPSA) is 61.9 Å². The predicted octanol–water partition coefficient (Wildman–Crippen LogP) is 1.23. The van der Waals surface area contributed by atoms with Crippen molar-refractivity contribution in [3.05, 3.63) is 29.8 Å². The molecule has 1 aliphatic carbocycles. The zero-order chi connectivity index (χ0) is 11.1. The van der Waals surface area contributed by atoms with Gasteiger partial charge >= 0.3 is 0 Å². The fraction of sp³-hybridized carbons (Fsp3) is 0.417. The molecule has 1 aliphatic heterocycles. The molecule has 0 bridgehead atoms. The van der Waals surface area contributed by atoms with Gasteiger partial charge < -0.3 is 15.7 Å². The van der Waals surface area contributed by atoms with E-state index in [1.54, 1.807) is 12.1 Å². The lowest BCUT2D eigenvalue weighted by Crippen LogP contribution is -2.37. The Balaban J connectivity index is 1.90. The number of nitrogens with zero attached hydrogens (tertiary/aromatic N) is 2. The number of hydrogen-bond donors (Lipinski definition) is 2. The average molecular weight is 217 g/mol. The van der Waals surface area contributed by atoms with Gasteiger partial charge in [-0.1, -0.05) is 12.1 Å². The van der Waals surface area contributed by atoms with Crippen molar-refractivity contribution in [2.24, 2.45) is 10.7 Å². The Morgan fingerprint density at radius 1 is 1.38 bits per heavy atom. The molecule has 0 radical (unpaired) electrons. The van der Waals surface area contributed by atoms with Crippen LogP contribution in [0, 0.1) is 0 Å². The van der Waals surface area contributed by atoms with Crippen LogP contribution >= 0.6 is 0 Å². The lowest BCUT2D eigenvalue weighted by Gasteiger charge is -2.26. The molecule has 1 fully saturated rings. The summed E-state index contributed by atoms with van der Waals surface area (Å²) in [4.78, 5) is 6.49. The first-order valence-corrected chi connectivity index (χ1v) is 5.63. The Morgan fingerprint density at radius 3 is 2.88 bits per heavy atom. The van der Waals surface area contributed by atoms with Gasteiger partial charge in [-0.3, -0.25) is 4.99 Å². The molecule has 1 atom stereocenters. The fourth-order valence-corrected chi connectivity index (χ4v) is 2.30. The van der Waals surface area contributed by atoms with E-state index in [1.165, 1.54) is 12.8 Å². The third-order valence-corrected chi connectivity index (χ3v) is 3.22. The van der Waals surface area contributed by atoms with Crippen LogP contribution in [0.5, 0.6) is 5.75 Å². The van der Waals surface area contributed by atoms with E-state index in [-0.39, 0.29) is 6.04 Å². The number of hydrogen-bond acceptors (Lipinski definition) is 4. The first kappa shape index (κ1) is 9.51. The molecule has 3 N–H and O–H groups in total. The highest BCUT2D eigenvalue weighted by atomic mass is 16.3. The Bertz CT molecular complexity index is 440. The minimum Gasteiger partial charge on any atom is -0.508 e. The van der Waals surface area contributed by atoms with Crippen LogP contribution in [0.2, 0.25) is 0 Å². The molecule has 0 aromatic heterocycles. The molecular weight excluding hydrogens is 202 g/mol. The Hall–Kier alpha value is -1.71. The van der Waals surface area contributed by atoms with Crippen molar-refractivity contribution in [1.29, 1.82) is 0 Å². The van der Waals surface area contributed by atoms with E-state index >= 15 is 0 Å². The standard InChI is InChI=1S/C12H15N3O/c13-12-14-7-11(15(12)9-4-5-9)8-2-1-3-10(16)6-8/h1-3,6,9,11,16H,4-5,7H2,(H2,13,14). The number of guanidine groups is 1. The van der Waals surface area contributed by atoms with Crippen LogP contribution < -0.4 is 5.73 Å². The second kappa shape index (κ2) is 3.40. The minimum atomic E-state index is 0.208. The number of phenols is 1. The van der Waals surface area contributed by atoms with Crippen molar-refractivity contribution >= 4 is 5.96 Å². The van der Waals surface area contributed by atoms with E-state index in [0.717, 1.165) is 5.56 Å². The van der Waals surface area contributed by atoms with Crippen molar-refractivity contribution in [2.45, 2.75) is 24.9 Å². The molecule has 1 aromatic carbocycles. The zero-order valence-corrected chi connectivity index (χ0v) is 9.00. The monoisotopic (exact) mass is 217 g/mol. The number of aromatic hydroxyl groups is 1. The summed E-state index contributed by atoms with van der Waals surface area (Å²) in [5.74, 6) is 0.953. The molecule has 1 saturated carbocycles. The number of rotatable bonds is 2. The quantitative estimate of drug-likeness (QED) is 0.783. The van der Waals surface area contributed by atoms with Gasteiger partial charge in [-0.25, -0.2) is 0 Å². The van der Waals surface area contributed by atoms with Crippen LogP contribution in [0.15, 0.2) is 29.3 Å². The molecule has 84 valence electrons. The lowest BCUT2D eigenvalue weighted by molar-refractivity contribution is 0.337. The highest BCUT2D eigenvalue weighted by Gasteiger charge is 2.38. The van der Waals surface area contributed by atoms with Crippen molar-refractivity contribution in [3.8, 4) is 5.75 Å². The van der Waals surface area contributed by atoms with Gasteiger partial charge in [0.1, 0.15) is 5.75 Å². The first-order valence-electron chi connectivity index (χ1n) is 5.63. The van der Waals surface area contributed by atoms with E-state index in [4.69, 9.17) is 5.73 Å². The number of aliphatic imine (C=N–C) groups is 1. The largest absolute Gasteiger partial charge is 0.508 e. The summed E-state index contributed by atoms with van der Waals surface area (Å²) < 4.78 is 0. The van der Waals surface area contributed by atoms with E-state index in [2.05, 4.69) is 9.89 Å². The van der Waals surface area contributed by atoms with E-state index < -0.39 is 0 Å². The van der Waals surface area contributed by atoms with Crippen LogP contribution in [-0.2, 0) is 0 Å². The maximum absolute atomic E-state index is 9.49. The maximum atomic E-state index is 9.49. The molecule has 0 saturated heterocycles. The van der Waals surface area contributed by atoms with Gasteiger partial charge in [0.2, 0.25) is 0 Å². The Labute approximate surface area is 94.4 Å². The van der Waals surface area contributed by atoms with Crippen LogP contribution in [-0.4, -0.2) is 28.6 Å². The molecule has 1 unspecified atom stereocenters. The molecule has 16 heavy (non-hydrogen) atoms. The summed E-state index contributed by atoms with van der Waals surface area (Å²) in [6, 6.07) is 8.13. The van der Waals surface area contributed by atoms with Gasteiger partial charge in [0.05, 0.1) is 12.6 Å². The molecule has 0 amide bonds. The van der Waals surface area contributed by atoms with Gasteiger partial charge in [-0.2, -0.15) is 0 Å². The maximum Gasteiger partial charge on any atom is 0.192 e.